The van der Waals surface area contributed by atoms with E-state index in [0.717, 1.165) is 64.2 Å². The molecule has 6 heteroatoms. The first-order chi connectivity index (χ1) is 34.5. The molecule has 0 saturated carbocycles. The van der Waals surface area contributed by atoms with Gasteiger partial charge in [-0.1, -0.05) is 302 Å². The van der Waals surface area contributed by atoms with E-state index in [1.807, 2.05) is 0 Å². The summed E-state index contributed by atoms with van der Waals surface area (Å²) in [7, 11) is 0. The van der Waals surface area contributed by atoms with Crippen molar-refractivity contribution in [2.75, 3.05) is 13.2 Å². The van der Waals surface area contributed by atoms with E-state index >= 15 is 0 Å². The summed E-state index contributed by atoms with van der Waals surface area (Å²) < 4.78 is 16.8. The molecule has 0 bridgehead atoms. The SMILES string of the molecule is CCCCCCC/C=C\C/C=C\CCCCCCCCCCCCCCCCCC(=O)OCC(COC(=O)CCCCCCCC)OC(=O)CCCCCCCCCCCCCCCCCCCCC. The summed E-state index contributed by atoms with van der Waals surface area (Å²) in [5.74, 6) is -0.852. The Hall–Kier alpha value is -2.11. The Morgan fingerprint density at radius 2 is 0.514 bits per heavy atom. The Bertz CT molecular complexity index is 1130. The van der Waals surface area contributed by atoms with E-state index in [2.05, 4.69) is 45.1 Å². The zero-order valence-corrected chi connectivity index (χ0v) is 47.3. The highest BCUT2D eigenvalue weighted by Crippen LogP contribution is 2.18. The minimum absolute atomic E-state index is 0.0658. The molecule has 70 heavy (non-hydrogen) atoms. The molecule has 0 aliphatic carbocycles. The molecule has 0 aromatic heterocycles. The van der Waals surface area contributed by atoms with Gasteiger partial charge in [-0.2, -0.15) is 0 Å². The van der Waals surface area contributed by atoms with Gasteiger partial charge in [0.15, 0.2) is 6.10 Å². The van der Waals surface area contributed by atoms with Crippen molar-refractivity contribution in [1.29, 1.82) is 0 Å². The van der Waals surface area contributed by atoms with Crippen molar-refractivity contribution < 1.29 is 28.6 Å². The Kier molecular flexibility index (Phi) is 57.7. The molecule has 0 saturated heterocycles. The van der Waals surface area contributed by atoms with E-state index in [4.69, 9.17) is 14.2 Å². The Morgan fingerprint density at radius 1 is 0.286 bits per heavy atom. The first-order valence-electron chi connectivity index (χ1n) is 31.3. The summed E-state index contributed by atoms with van der Waals surface area (Å²) in [5, 5.41) is 0. The van der Waals surface area contributed by atoms with Crippen molar-refractivity contribution in [2.45, 2.75) is 354 Å². The number of carbonyl (C=O) groups excluding carboxylic acids is 3. The Labute approximate surface area is 436 Å². The second-order valence-corrected chi connectivity index (χ2v) is 21.3. The van der Waals surface area contributed by atoms with Crippen LogP contribution in [0.2, 0.25) is 0 Å². The third-order valence-electron chi connectivity index (χ3n) is 14.2. The van der Waals surface area contributed by atoms with Crippen molar-refractivity contribution in [3.8, 4) is 0 Å². The normalized spacial score (nSPS) is 12.1. The molecule has 0 amide bonds. The lowest BCUT2D eigenvalue weighted by molar-refractivity contribution is -0.167. The van der Waals surface area contributed by atoms with Crippen LogP contribution in [0.3, 0.4) is 0 Å². The van der Waals surface area contributed by atoms with Crippen LogP contribution in [-0.4, -0.2) is 37.2 Å². The number of hydrogen-bond acceptors (Lipinski definition) is 6. The average molecular weight is 986 g/mol. The fraction of sp³-hybridized carbons (Fsp3) is 0.891. The van der Waals surface area contributed by atoms with E-state index in [-0.39, 0.29) is 31.1 Å². The lowest BCUT2D eigenvalue weighted by Crippen LogP contribution is -2.30. The molecular formula is C64H120O6. The molecule has 1 unspecified atom stereocenters. The maximum atomic E-state index is 12.8. The number of unbranched alkanes of at least 4 members (excludes halogenated alkanes) is 43. The average Bonchev–Trinajstić information content (AvgIpc) is 3.36. The van der Waals surface area contributed by atoms with Crippen LogP contribution < -0.4 is 0 Å². The van der Waals surface area contributed by atoms with Crippen molar-refractivity contribution in [2.24, 2.45) is 0 Å². The van der Waals surface area contributed by atoms with E-state index in [1.165, 1.54) is 244 Å². The minimum atomic E-state index is -0.764. The van der Waals surface area contributed by atoms with Crippen molar-refractivity contribution in [3.05, 3.63) is 24.3 Å². The minimum Gasteiger partial charge on any atom is -0.462 e. The van der Waals surface area contributed by atoms with Gasteiger partial charge in [0.2, 0.25) is 0 Å². The smallest absolute Gasteiger partial charge is 0.306 e. The van der Waals surface area contributed by atoms with Gasteiger partial charge in [-0.05, 0) is 51.4 Å². The molecule has 1 atom stereocenters. The van der Waals surface area contributed by atoms with E-state index < -0.39 is 6.10 Å². The highest BCUT2D eigenvalue weighted by molar-refractivity contribution is 5.71. The highest BCUT2D eigenvalue weighted by atomic mass is 16.6. The number of esters is 3. The molecule has 0 radical (unpaired) electrons. The molecule has 0 heterocycles. The van der Waals surface area contributed by atoms with Gasteiger partial charge in [-0.15, -0.1) is 0 Å². The second kappa shape index (κ2) is 59.5. The van der Waals surface area contributed by atoms with Crippen molar-refractivity contribution >= 4 is 17.9 Å². The number of hydrogen-bond donors (Lipinski definition) is 0. The monoisotopic (exact) mass is 985 g/mol. The third-order valence-corrected chi connectivity index (χ3v) is 14.2. The predicted molar refractivity (Wildman–Crippen MR) is 303 cm³/mol. The summed E-state index contributed by atoms with van der Waals surface area (Å²) in [6.07, 6.45) is 70.8. The Morgan fingerprint density at radius 3 is 0.786 bits per heavy atom. The predicted octanol–water partition coefficient (Wildman–Crippen LogP) is 21.1. The molecule has 0 aliphatic rings. The van der Waals surface area contributed by atoms with Crippen LogP contribution in [0.4, 0.5) is 0 Å². The molecule has 412 valence electrons. The van der Waals surface area contributed by atoms with Gasteiger partial charge in [0.05, 0.1) is 0 Å². The number of ether oxygens (including phenoxy) is 3. The topological polar surface area (TPSA) is 78.9 Å². The van der Waals surface area contributed by atoms with E-state index in [1.54, 1.807) is 0 Å². The lowest BCUT2D eigenvalue weighted by Gasteiger charge is -2.18. The molecular weight excluding hydrogens is 865 g/mol. The number of allylic oxidation sites excluding steroid dienone is 4. The molecule has 0 fully saturated rings. The van der Waals surface area contributed by atoms with Gasteiger partial charge >= 0.3 is 17.9 Å². The van der Waals surface area contributed by atoms with Crippen LogP contribution in [0.25, 0.3) is 0 Å². The van der Waals surface area contributed by atoms with Gasteiger partial charge < -0.3 is 14.2 Å². The maximum Gasteiger partial charge on any atom is 0.306 e. The molecule has 0 N–H and O–H groups in total. The molecule has 0 aliphatic heterocycles. The third kappa shape index (κ3) is 56.8. The summed E-state index contributed by atoms with van der Waals surface area (Å²) in [6, 6.07) is 0. The van der Waals surface area contributed by atoms with Gasteiger partial charge in [-0.3, -0.25) is 14.4 Å². The van der Waals surface area contributed by atoms with Crippen LogP contribution in [0.5, 0.6) is 0 Å². The fourth-order valence-corrected chi connectivity index (χ4v) is 9.48. The van der Waals surface area contributed by atoms with E-state index in [9.17, 15) is 14.4 Å². The standard InChI is InChI=1S/C64H120O6/c1-4-7-10-13-16-18-20-22-24-26-28-29-30-31-32-33-34-35-37-38-40-42-44-46-48-51-54-57-63(66)69-60-61(59-68-62(65)56-53-50-15-12-9-6-3)70-64(67)58-55-52-49-47-45-43-41-39-36-27-25-23-21-19-17-14-11-8-5-2/h20,22,26,28,61H,4-19,21,23-25,27,29-60H2,1-3H3/b22-20-,28-26-. The fourth-order valence-electron chi connectivity index (χ4n) is 9.48. The van der Waals surface area contributed by atoms with Crippen molar-refractivity contribution in [1.82, 2.24) is 0 Å². The first kappa shape index (κ1) is 67.9. The maximum absolute atomic E-state index is 12.8. The quantitative estimate of drug-likeness (QED) is 0.0261. The first-order valence-corrected chi connectivity index (χ1v) is 31.3. The Balaban J connectivity index is 4.02. The van der Waals surface area contributed by atoms with Gasteiger partial charge in [0.1, 0.15) is 13.2 Å². The highest BCUT2D eigenvalue weighted by Gasteiger charge is 2.19. The van der Waals surface area contributed by atoms with Crippen LogP contribution in [0.15, 0.2) is 24.3 Å². The molecule has 0 spiro atoms. The summed E-state index contributed by atoms with van der Waals surface area (Å²) in [5.41, 5.74) is 0. The largest absolute Gasteiger partial charge is 0.462 e. The molecule has 0 aromatic rings. The second-order valence-electron chi connectivity index (χ2n) is 21.3. The van der Waals surface area contributed by atoms with Crippen molar-refractivity contribution in [3.63, 3.8) is 0 Å². The molecule has 0 rings (SSSR count). The number of carbonyl (C=O) groups is 3. The van der Waals surface area contributed by atoms with Gasteiger partial charge in [0, 0.05) is 19.3 Å². The van der Waals surface area contributed by atoms with Gasteiger partial charge in [-0.25, -0.2) is 0 Å². The van der Waals surface area contributed by atoms with Gasteiger partial charge in [0.25, 0.3) is 0 Å². The zero-order valence-electron chi connectivity index (χ0n) is 47.3. The molecule has 0 aromatic carbocycles. The van der Waals surface area contributed by atoms with Crippen LogP contribution in [-0.2, 0) is 28.6 Å². The molecule has 6 nitrogen and oxygen atoms in total. The number of rotatable bonds is 58. The van der Waals surface area contributed by atoms with E-state index in [0.29, 0.717) is 19.3 Å². The summed E-state index contributed by atoms with van der Waals surface area (Å²) in [6.45, 7) is 6.63. The lowest BCUT2D eigenvalue weighted by atomic mass is 10.0. The van der Waals surface area contributed by atoms with Crippen LogP contribution >= 0.6 is 0 Å². The summed E-state index contributed by atoms with van der Waals surface area (Å²) in [4.78, 5) is 38.0. The van der Waals surface area contributed by atoms with Crippen LogP contribution in [0, 0.1) is 0 Å². The summed E-state index contributed by atoms with van der Waals surface area (Å²) >= 11 is 0. The van der Waals surface area contributed by atoms with Crippen LogP contribution in [0.1, 0.15) is 348 Å². The zero-order chi connectivity index (χ0) is 50.7.